The summed E-state index contributed by atoms with van der Waals surface area (Å²) in [6.07, 6.45) is 9.67. The third-order valence-electron chi connectivity index (χ3n) is 8.77. The van der Waals surface area contributed by atoms with E-state index in [1.54, 1.807) is 19.2 Å². The highest BCUT2D eigenvalue weighted by molar-refractivity contribution is 8.02. The Kier molecular flexibility index (Phi) is 8.50. The highest BCUT2D eigenvalue weighted by Crippen LogP contribution is 2.39. The lowest BCUT2D eigenvalue weighted by atomic mass is 9.81. The first kappa shape index (κ1) is 28.3. The molecule has 1 saturated carbocycles. The fraction of sp³-hybridized carbons (Fsp3) is 0.586. The van der Waals surface area contributed by atoms with Gasteiger partial charge in [-0.3, -0.25) is 14.5 Å². The summed E-state index contributed by atoms with van der Waals surface area (Å²) in [5.41, 5.74) is 2.82. The van der Waals surface area contributed by atoms with Gasteiger partial charge < -0.3 is 9.88 Å². The lowest BCUT2D eigenvalue weighted by Gasteiger charge is -2.37. The number of fused-ring (bicyclic) bond motifs is 1. The summed E-state index contributed by atoms with van der Waals surface area (Å²) >= 11 is 7.84. The molecular formula is C29H37ClFN5O2S. The van der Waals surface area contributed by atoms with Gasteiger partial charge in [0, 0.05) is 59.6 Å². The Morgan fingerprint density at radius 1 is 1.26 bits per heavy atom. The minimum Gasteiger partial charge on any atom is -0.351 e. The number of amides is 2. The van der Waals surface area contributed by atoms with Crippen molar-refractivity contribution in [3.05, 3.63) is 39.5 Å². The van der Waals surface area contributed by atoms with Crippen LogP contribution in [0.5, 0.6) is 0 Å². The van der Waals surface area contributed by atoms with Gasteiger partial charge in [-0.1, -0.05) is 11.6 Å². The molecule has 10 heteroatoms. The van der Waals surface area contributed by atoms with Crippen LogP contribution in [0.2, 0.25) is 5.02 Å². The molecule has 2 aromatic heterocycles. The van der Waals surface area contributed by atoms with E-state index in [0.29, 0.717) is 46.6 Å². The molecule has 0 aromatic carbocycles. The second-order valence-corrected chi connectivity index (χ2v) is 12.5. The van der Waals surface area contributed by atoms with Crippen molar-refractivity contribution >= 4 is 51.9 Å². The van der Waals surface area contributed by atoms with Crippen molar-refractivity contribution in [3.8, 4) is 0 Å². The number of halogens is 2. The molecule has 1 N–H and O–H groups in total. The monoisotopic (exact) mass is 573 g/mol. The number of hydrogen-bond acceptors (Lipinski definition) is 5. The molecule has 2 aliphatic heterocycles. The van der Waals surface area contributed by atoms with Gasteiger partial charge in [-0.15, -0.1) is 11.8 Å². The minimum atomic E-state index is -0.686. The van der Waals surface area contributed by atoms with E-state index >= 15 is 0 Å². The second kappa shape index (κ2) is 11.7. The van der Waals surface area contributed by atoms with E-state index in [4.69, 9.17) is 11.6 Å². The molecule has 7 nitrogen and oxygen atoms in total. The molecule has 210 valence electrons. The number of allylic oxidation sites excluding steroid dienone is 1. The summed E-state index contributed by atoms with van der Waals surface area (Å²) in [4.78, 5) is 38.2. The van der Waals surface area contributed by atoms with Crippen molar-refractivity contribution in [1.82, 2.24) is 19.8 Å². The predicted molar refractivity (Wildman–Crippen MR) is 157 cm³/mol. The molecule has 0 spiro atoms. The summed E-state index contributed by atoms with van der Waals surface area (Å²) in [7, 11) is 0. The molecular weight excluding hydrogens is 537 g/mol. The van der Waals surface area contributed by atoms with Gasteiger partial charge in [-0.25, -0.2) is 14.4 Å². The van der Waals surface area contributed by atoms with Crippen molar-refractivity contribution in [2.75, 3.05) is 25.9 Å². The molecule has 3 aliphatic rings. The Balaban J connectivity index is 1.36. The molecule has 2 fully saturated rings. The van der Waals surface area contributed by atoms with Crippen LogP contribution in [0.3, 0.4) is 0 Å². The number of nitrogens with zero attached hydrogens (tertiary/aromatic N) is 4. The number of carbonyl (C=O) groups excluding carboxylic acids is 2. The molecule has 1 aliphatic carbocycles. The maximum Gasteiger partial charge on any atom is 0.255 e. The average molecular weight is 574 g/mol. The number of nitrogens with one attached hydrogen (secondary N) is 1. The van der Waals surface area contributed by atoms with Gasteiger partial charge in [0.25, 0.3) is 11.8 Å². The van der Waals surface area contributed by atoms with Crippen molar-refractivity contribution in [2.45, 2.75) is 71.1 Å². The van der Waals surface area contributed by atoms with Gasteiger partial charge in [0.05, 0.1) is 16.5 Å². The van der Waals surface area contributed by atoms with Crippen LogP contribution in [0.15, 0.2) is 28.2 Å². The van der Waals surface area contributed by atoms with E-state index in [2.05, 4.69) is 31.7 Å². The van der Waals surface area contributed by atoms with Gasteiger partial charge in [-0.2, -0.15) is 0 Å². The van der Waals surface area contributed by atoms with E-state index in [1.165, 1.54) is 11.8 Å². The predicted octanol–water partition coefficient (Wildman–Crippen LogP) is 5.76. The number of likely N-dealkylation sites (tertiary alicyclic amines) is 1. The number of pyridine rings is 1. The van der Waals surface area contributed by atoms with Crippen molar-refractivity contribution < 1.29 is 14.0 Å². The zero-order valence-corrected chi connectivity index (χ0v) is 24.6. The first-order valence-electron chi connectivity index (χ1n) is 13.8. The largest absolute Gasteiger partial charge is 0.351 e. The van der Waals surface area contributed by atoms with Crippen LogP contribution in [-0.2, 0) is 4.79 Å². The molecule has 1 unspecified atom stereocenters. The van der Waals surface area contributed by atoms with Crippen molar-refractivity contribution in [1.29, 1.82) is 0 Å². The molecule has 3 atom stereocenters. The number of rotatable bonds is 7. The highest BCUT2D eigenvalue weighted by atomic mass is 35.5. The maximum atomic E-state index is 13.8. The van der Waals surface area contributed by atoms with Crippen LogP contribution in [0.4, 0.5) is 4.39 Å². The molecule has 2 amide bonds. The van der Waals surface area contributed by atoms with Crippen LogP contribution in [0.1, 0.15) is 68.0 Å². The molecule has 39 heavy (non-hydrogen) atoms. The first-order chi connectivity index (χ1) is 18.7. The smallest absolute Gasteiger partial charge is 0.255 e. The third-order valence-corrected chi connectivity index (χ3v) is 9.85. The van der Waals surface area contributed by atoms with Gasteiger partial charge in [0.2, 0.25) is 0 Å². The third kappa shape index (κ3) is 5.68. The molecule has 5 rings (SSSR count). The fourth-order valence-electron chi connectivity index (χ4n) is 6.69. The van der Waals surface area contributed by atoms with E-state index < -0.39 is 12.1 Å². The van der Waals surface area contributed by atoms with E-state index in [9.17, 15) is 14.0 Å². The first-order valence-corrected chi connectivity index (χ1v) is 15.4. The highest BCUT2D eigenvalue weighted by Gasteiger charge is 2.35. The van der Waals surface area contributed by atoms with Crippen LogP contribution < -0.4 is 5.32 Å². The average Bonchev–Trinajstić information content (AvgIpc) is 3.47. The quantitative estimate of drug-likeness (QED) is 0.456. The molecule has 2 aromatic rings. The topological polar surface area (TPSA) is 79.6 Å². The summed E-state index contributed by atoms with van der Waals surface area (Å²) < 4.78 is 15.9. The van der Waals surface area contributed by atoms with Gasteiger partial charge in [-0.05, 0) is 77.2 Å². The molecule has 4 heterocycles. The Hall–Kier alpha value is -2.23. The summed E-state index contributed by atoms with van der Waals surface area (Å²) in [6.45, 7) is 7.59. The lowest BCUT2D eigenvalue weighted by Crippen LogP contribution is -2.38. The standard InChI is InChI=1S/C29H37ClFN5O2S/c1-16-11-25(39-4)24(28(37)34-16)14-33-29(38)26-18(3)36(27-23(26)12-20(30)13-32-27)17(2)19-5-7-22(8-6-19)35-10-9-21(31)15-35/h11-13,17,19,21-22,24H,5-10,14-15H2,1-4H3,(H,33,38)/t17-,19?,21-,22?,24?/m1/s1. The number of aromatic nitrogens is 2. The van der Waals surface area contributed by atoms with Crippen LogP contribution >= 0.6 is 23.4 Å². The number of alkyl halides is 1. The Bertz CT molecular complexity index is 1330. The molecule has 0 bridgehead atoms. The maximum absolute atomic E-state index is 13.8. The second-order valence-electron chi connectivity index (χ2n) is 11.2. The van der Waals surface area contributed by atoms with Crippen LogP contribution in [0.25, 0.3) is 11.0 Å². The fourth-order valence-corrected chi connectivity index (χ4v) is 7.60. The summed E-state index contributed by atoms with van der Waals surface area (Å²) in [5, 5.41) is 4.19. The van der Waals surface area contributed by atoms with Crippen molar-refractivity contribution in [3.63, 3.8) is 0 Å². The number of hydrogen-bond donors (Lipinski definition) is 1. The number of aliphatic imine (C=N–C) groups is 1. The normalized spacial score (nSPS) is 27.0. The molecule has 0 radical (unpaired) electrons. The Labute approximate surface area is 238 Å². The van der Waals surface area contributed by atoms with Crippen LogP contribution in [0, 0.1) is 18.8 Å². The Morgan fingerprint density at radius 3 is 2.67 bits per heavy atom. The summed E-state index contributed by atoms with van der Waals surface area (Å²) in [6, 6.07) is 2.41. The SMILES string of the molecule is CSC1=CC(C)=NC(=O)C1CNC(=O)c1c(C)n([C@H](C)C2CCC(N3CC[C@@H](F)C3)CC2)c2ncc(Cl)cc12. The van der Waals surface area contributed by atoms with Crippen LogP contribution in [-0.4, -0.2) is 70.1 Å². The number of carbonyl (C=O) groups is 2. The Morgan fingerprint density at radius 2 is 2.00 bits per heavy atom. The zero-order valence-electron chi connectivity index (χ0n) is 23.0. The summed E-state index contributed by atoms with van der Waals surface area (Å²) in [5.74, 6) is -0.530. The van der Waals surface area contributed by atoms with Crippen molar-refractivity contribution in [2.24, 2.45) is 16.8 Å². The number of thioether (sulfide) groups is 1. The van der Waals surface area contributed by atoms with E-state index in [1.807, 2.05) is 19.3 Å². The molecule has 1 saturated heterocycles. The van der Waals surface area contributed by atoms with E-state index in [-0.39, 0.29) is 24.4 Å². The van der Waals surface area contributed by atoms with Gasteiger partial charge in [0.1, 0.15) is 11.8 Å². The number of dihydropyridines is 1. The zero-order chi connectivity index (χ0) is 27.8. The van der Waals surface area contributed by atoms with Gasteiger partial charge >= 0.3 is 0 Å². The van der Waals surface area contributed by atoms with Gasteiger partial charge in [0.15, 0.2) is 0 Å². The van der Waals surface area contributed by atoms with E-state index in [0.717, 1.165) is 48.5 Å². The minimum absolute atomic E-state index is 0.138. The lowest BCUT2D eigenvalue weighted by molar-refractivity contribution is -0.120.